The predicted octanol–water partition coefficient (Wildman–Crippen LogP) is 4.65. The van der Waals surface area contributed by atoms with Crippen LogP contribution in [0.25, 0.3) is 10.8 Å². The molecular weight excluding hydrogens is 403 g/mol. The molecule has 1 heterocycles. The molecule has 3 aromatic carbocycles. The first-order valence-electron chi connectivity index (χ1n) is 8.99. The molecule has 1 aliphatic heterocycles. The van der Waals surface area contributed by atoms with Crippen molar-refractivity contribution >= 4 is 20.9 Å². The highest BCUT2D eigenvalue weighted by molar-refractivity contribution is 7.88. The van der Waals surface area contributed by atoms with Crippen molar-refractivity contribution in [2.24, 2.45) is 0 Å². The van der Waals surface area contributed by atoms with Gasteiger partial charge in [-0.2, -0.15) is 21.6 Å². The van der Waals surface area contributed by atoms with Crippen molar-refractivity contribution in [3.05, 3.63) is 77.4 Å². The SMILES string of the molecule is CN1CCc2ccccc2C1c1c(OS(=O)(=O)C(F)(F)F)ccc2ccccc12. The third kappa shape index (κ3) is 3.47. The molecule has 8 heteroatoms. The zero-order chi connectivity index (χ0) is 20.8. The standard InChI is InChI=1S/C21H18F3NO3S/c1-25-13-12-15-7-3-5-9-17(15)20(25)19-16-8-4-2-6-14(16)10-11-18(19)28-29(26,27)21(22,23)24/h2-11,20H,12-13H2,1H3. The highest BCUT2D eigenvalue weighted by Crippen LogP contribution is 2.43. The summed E-state index contributed by atoms with van der Waals surface area (Å²) in [6.07, 6.45) is 0.797. The van der Waals surface area contributed by atoms with Crippen LogP contribution in [-0.4, -0.2) is 32.4 Å². The van der Waals surface area contributed by atoms with Crippen LogP contribution in [-0.2, 0) is 16.5 Å². The third-order valence-corrected chi connectivity index (χ3v) is 6.18. The molecule has 0 spiro atoms. The average molecular weight is 421 g/mol. The summed E-state index contributed by atoms with van der Waals surface area (Å²) in [5, 5.41) is 1.44. The van der Waals surface area contributed by atoms with Crippen LogP contribution in [0.2, 0.25) is 0 Å². The molecule has 1 unspecified atom stereocenters. The van der Waals surface area contributed by atoms with Crippen molar-refractivity contribution in [3.63, 3.8) is 0 Å². The van der Waals surface area contributed by atoms with Crippen LogP contribution in [0, 0.1) is 0 Å². The Morgan fingerprint density at radius 3 is 2.45 bits per heavy atom. The number of hydrogen-bond donors (Lipinski definition) is 0. The first kappa shape index (κ1) is 19.7. The minimum Gasteiger partial charge on any atom is -0.376 e. The second-order valence-electron chi connectivity index (χ2n) is 7.01. The number of nitrogens with zero attached hydrogens (tertiary/aromatic N) is 1. The Balaban J connectivity index is 1.98. The van der Waals surface area contributed by atoms with Gasteiger partial charge in [-0.3, -0.25) is 4.90 Å². The fourth-order valence-electron chi connectivity index (χ4n) is 3.86. The van der Waals surface area contributed by atoms with E-state index >= 15 is 0 Å². The van der Waals surface area contributed by atoms with Crippen LogP contribution in [0.5, 0.6) is 5.75 Å². The zero-order valence-corrected chi connectivity index (χ0v) is 16.3. The lowest BCUT2D eigenvalue weighted by Crippen LogP contribution is -2.34. The lowest BCUT2D eigenvalue weighted by atomic mass is 9.86. The van der Waals surface area contributed by atoms with Crippen LogP contribution in [0.3, 0.4) is 0 Å². The molecule has 29 heavy (non-hydrogen) atoms. The molecule has 0 saturated heterocycles. The van der Waals surface area contributed by atoms with Crippen LogP contribution < -0.4 is 4.18 Å². The molecule has 0 N–H and O–H groups in total. The number of benzene rings is 3. The molecule has 0 amide bonds. The van der Waals surface area contributed by atoms with Gasteiger partial charge in [0, 0.05) is 12.1 Å². The molecule has 0 radical (unpaired) electrons. The molecule has 4 nitrogen and oxygen atoms in total. The molecule has 4 rings (SSSR count). The molecule has 0 aliphatic carbocycles. The fourth-order valence-corrected chi connectivity index (χ4v) is 4.34. The first-order valence-corrected chi connectivity index (χ1v) is 10.4. The highest BCUT2D eigenvalue weighted by Gasteiger charge is 2.49. The Morgan fingerprint density at radius 1 is 1.00 bits per heavy atom. The summed E-state index contributed by atoms with van der Waals surface area (Å²) >= 11 is 0. The van der Waals surface area contributed by atoms with Crippen molar-refractivity contribution in [2.75, 3.05) is 13.6 Å². The van der Waals surface area contributed by atoms with Crippen molar-refractivity contribution in [2.45, 2.75) is 18.0 Å². The van der Waals surface area contributed by atoms with E-state index in [0.29, 0.717) is 17.5 Å². The molecule has 0 aromatic heterocycles. The number of hydrogen-bond acceptors (Lipinski definition) is 4. The van der Waals surface area contributed by atoms with Crippen molar-refractivity contribution < 1.29 is 25.8 Å². The minimum atomic E-state index is -5.79. The van der Waals surface area contributed by atoms with Gasteiger partial charge < -0.3 is 4.18 Å². The Morgan fingerprint density at radius 2 is 1.69 bits per heavy atom. The van der Waals surface area contributed by atoms with Gasteiger partial charge >= 0.3 is 15.6 Å². The lowest BCUT2D eigenvalue weighted by molar-refractivity contribution is -0.0500. The second kappa shape index (κ2) is 7.03. The van der Waals surface area contributed by atoms with Gasteiger partial charge in [-0.15, -0.1) is 0 Å². The number of halogens is 3. The van der Waals surface area contributed by atoms with Crippen LogP contribution in [0.4, 0.5) is 13.2 Å². The quantitative estimate of drug-likeness (QED) is 0.456. The van der Waals surface area contributed by atoms with Crippen molar-refractivity contribution in [1.29, 1.82) is 0 Å². The van der Waals surface area contributed by atoms with E-state index in [2.05, 4.69) is 4.18 Å². The second-order valence-corrected chi connectivity index (χ2v) is 8.55. The van der Waals surface area contributed by atoms with E-state index in [-0.39, 0.29) is 5.75 Å². The molecular formula is C21H18F3NO3S. The van der Waals surface area contributed by atoms with E-state index in [1.54, 1.807) is 18.2 Å². The van der Waals surface area contributed by atoms with E-state index in [4.69, 9.17) is 0 Å². The van der Waals surface area contributed by atoms with Gasteiger partial charge in [0.1, 0.15) is 5.75 Å². The van der Waals surface area contributed by atoms with Gasteiger partial charge in [0.2, 0.25) is 0 Å². The van der Waals surface area contributed by atoms with Gasteiger partial charge in [-0.25, -0.2) is 0 Å². The highest BCUT2D eigenvalue weighted by atomic mass is 32.2. The van der Waals surface area contributed by atoms with E-state index in [1.807, 2.05) is 48.3 Å². The monoisotopic (exact) mass is 421 g/mol. The number of likely N-dealkylation sites (N-methyl/N-ethyl adjacent to an activating group) is 1. The van der Waals surface area contributed by atoms with E-state index in [9.17, 15) is 21.6 Å². The summed E-state index contributed by atoms with van der Waals surface area (Å²) in [7, 11) is -3.93. The third-order valence-electron chi connectivity index (χ3n) is 5.21. The Hall–Kier alpha value is -2.58. The normalized spacial score (nSPS) is 17.9. The van der Waals surface area contributed by atoms with Crippen LogP contribution in [0.15, 0.2) is 60.7 Å². The lowest BCUT2D eigenvalue weighted by Gasteiger charge is -2.36. The molecule has 152 valence electrons. The minimum absolute atomic E-state index is 0.311. The zero-order valence-electron chi connectivity index (χ0n) is 15.5. The smallest absolute Gasteiger partial charge is 0.376 e. The molecule has 0 fully saturated rings. The molecule has 1 aliphatic rings. The average Bonchev–Trinajstić information content (AvgIpc) is 2.67. The molecule has 0 bridgehead atoms. The largest absolute Gasteiger partial charge is 0.534 e. The van der Waals surface area contributed by atoms with Gasteiger partial charge in [-0.1, -0.05) is 54.6 Å². The van der Waals surface area contributed by atoms with Crippen LogP contribution in [0.1, 0.15) is 22.7 Å². The maximum absolute atomic E-state index is 13.0. The molecule has 3 aromatic rings. The summed E-state index contributed by atoms with van der Waals surface area (Å²) in [5.41, 5.74) is -3.10. The Kier molecular flexibility index (Phi) is 4.78. The van der Waals surface area contributed by atoms with E-state index in [1.165, 1.54) is 6.07 Å². The van der Waals surface area contributed by atoms with Crippen molar-refractivity contribution in [3.8, 4) is 5.75 Å². The van der Waals surface area contributed by atoms with Crippen molar-refractivity contribution in [1.82, 2.24) is 4.90 Å². The summed E-state index contributed by atoms with van der Waals surface area (Å²) < 4.78 is 67.2. The van der Waals surface area contributed by atoms with Gasteiger partial charge in [0.15, 0.2) is 0 Å². The number of rotatable bonds is 3. The van der Waals surface area contributed by atoms with Gasteiger partial charge in [0.05, 0.1) is 6.04 Å². The maximum Gasteiger partial charge on any atom is 0.534 e. The topological polar surface area (TPSA) is 46.6 Å². The maximum atomic E-state index is 13.0. The van der Waals surface area contributed by atoms with E-state index in [0.717, 1.165) is 22.9 Å². The van der Waals surface area contributed by atoms with E-state index < -0.39 is 21.7 Å². The van der Waals surface area contributed by atoms with Gasteiger partial charge in [0.25, 0.3) is 0 Å². The summed E-state index contributed by atoms with van der Waals surface area (Å²) in [6, 6.07) is 17.3. The Bertz CT molecular complexity index is 1180. The summed E-state index contributed by atoms with van der Waals surface area (Å²) in [4.78, 5) is 2.00. The molecule has 0 saturated carbocycles. The number of fused-ring (bicyclic) bond motifs is 2. The van der Waals surface area contributed by atoms with Gasteiger partial charge in [-0.05, 0) is 41.4 Å². The van der Waals surface area contributed by atoms with Crippen LogP contribution >= 0.6 is 0 Å². The first-order chi connectivity index (χ1) is 13.7. The Labute approximate surface area is 166 Å². The predicted molar refractivity (Wildman–Crippen MR) is 104 cm³/mol. The number of alkyl halides is 3. The fraction of sp³-hybridized carbons (Fsp3) is 0.238. The molecule has 1 atom stereocenters. The summed E-state index contributed by atoms with van der Waals surface area (Å²) in [5.74, 6) is -0.311. The summed E-state index contributed by atoms with van der Waals surface area (Å²) in [6.45, 7) is 0.677.